The van der Waals surface area contributed by atoms with Gasteiger partial charge in [-0.1, -0.05) is 48.1 Å². The van der Waals surface area contributed by atoms with E-state index in [2.05, 4.69) is 63.2 Å². The van der Waals surface area contributed by atoms with Crippen molar-refractivity contribution >= 4 is 22.7 Å². The zero-order valence-electron chi connectivity index (χ0n) is 16.6. The molecule has 0 bridgehead atoms. The second-order valence-corrected chi connectivity index (χ2v) is 8.51. The number of allylic oxidation sites excluding steroid dienone is 1. The topological polar surface area (TPSA) is 36.4 Å². The number of hydrogen-bond acceptors (Lipinski definition) is 4. The first-order valence-corrected chi connectivity index (χ1v) is 9.98. The first-order valence-electron chi connectivity index (χ1n) is 9.16. The van der Waals surface area contributed by atoms with Crippen molar-refractivity contribution in [2.24, 2.45) is 10.9 Å². The van der Waals surface area contributed by atoms with Gasteiger partial charge in [0.15, 0.2) is 0 Å². The summed E-state index contributed by atoms with van der Waals surface area (Å²) in [6, 6.07) is 3.22. The van der Waals surface area contributed by atoms with E-state index in [0.717, 1.165) is 28.3 Å². The molecule has 0 saturated carbocycles. The van der Waals surface area contributed by atoms with Crippen molar-refractivity contribution in [3.8, 4) is 0 Å². The lowest BCUT2D eigenvalue weighted by Gasteiger charge is -2.22. The van der Waals surface area contributed by atoms with Gasteiger partial charge in [-0.3, -0.25) is 4.99 Å². The fraction of sp³-hybridized carbons (Fsp3) is 0.476. The molecule has 142 valence electrons. The van der Waals surface area contributed by atoms with Gasteiger partial charge in [-0.15, -0.1) is 0 Å². The third-order valence-corrected chi connectivity index (χ3v) is 5.28. The van der Waals surface area contributed by atoms with Crippen molar-refractivity contribution < 1.29 is 4.39 Å². The molecular weight excluding hydrogens is 345 g/mol. The van der Waals surface area contributed by atoms with E-state index < -0.39 is 0 Å². The van der Waals surface area contributed by atoms with Crippen molar-refractivity contribution in [3.05, 3.63) is 53.2 Å². The number of nitrogens with one attached hydrogen (secondary N) is 2. The van der Waals surface area contributed by atoms with Gasteiger partial charge in [-0.25, -0.2) is 4.39 Å². The molecule has 1 heterocycles. The lowest BCUT2D eigenvalue weighted by Crippen LogP contribution is -2.16. The van der Waals surface area contributed by atoms with Crippen LogP contribution in [-0.2, 0) is 0 Å². The van der Waals surface area contributed by atoms with E-state index in [0.29, 0.717) is 11.7 Å². The van der Waals surface area contributed by atoms with E-state index in [1.807, 2.05) is 6.20 Å². The van der Waals surface area contributed by atoms with Gasteiger partial charge in [-0.2, -0.15) is 0 Å². The predicted molar refractivity (Wildman–Crippen MR) is 113 cm³/mol. The highest BCUT2D eigenvalue weighted by Crippen LogP contribution is 2.34. The fourth-order valence-electron chi connectivity index (χ4n) is 2.84. The number of rotatable bonds is 7. The van der Waals surface area contributed by atoms with Gasteiger partial charge in [0.05, 0.1) is 5.04 Å². The zero-order chi connectivity index (χ0) is 19.4. The zero-order valence-corrected chi connectivity index (χ0v) is 17.4. The Balaban J connectivity index is 2.07. The summed E-state index contributed by atoms with van der Waals surface area (Å²) in [4.78, 5) is 4.46. The van der Waals surface area contributed by atoms with Crippen LogP contribution < -0.4 is 10.0 Å². The molecule has 0 unspecified atom stereocenters. The van der Waals surface area contributed by atoms with Crippen molar-refractivity contribution in [2.45, 2.75) is 59.8 Å². The maximum Gasteiger partial charge on any atom is 0.123 e. The molecule has 2 rings (SSSR count). The third kappa shape index (κ3) is 5.13. The molecule has 1 aliphatic heterocycles. The first kappa shape index (κ1) is 20.6. The van der Waals surface area contributed by atoms with Crippen LogP contribution in [0.4, 0.5) is 10.1 Å². The largest absolute Gasteiger partial charge is 0.341 e. The number of anilines is 1. The van der Waals surface area contributed by atoms with Crippen LogP contribution >= 0.6 is 11.9 Å². The minimum Gasteiger partial charge on any atom is -0.341 e. The summed E-state index contributed by atoms with van der Waals surface area (Å²) in [5.41, 5.74) is 4.21. The van der Waals surface area contributed by atoms with Crippen LogP contribution in [0.2, 0.25) is 0 Å². The summed E-state index contributed by atoms with van der Waals surface area (Å²) in [5.74, 6) is 1.42. The van der Waals surface area contributed by atoms with Crippen LogP contribution in [0.15, 0.2) is 41.3 Å². The molecule has 0 radical (unpaired) electrons. The highest BCUT2D eigenvalue weighted by molar-refractivity contribution is 8.12. The van der Waals surface area contributed by atoms with Crippen molar-refractivity contribution in [2.75, 3.05) is 5.32 Å². The van der Waals surface area contributed by atoms with Gasteiger partial charge in [0.2, 0.25) is 0 Å². The lowest BCUT2D eigenvalue weighted by molar-refractivity contribution is 0.618. The van der Waals surface area contributed by atoms with E-state index in [-0.39, 0.29) is 17.7 Å². The van der Waals surface area contributed by atoms with E-state index in [1.165, 1.54) is 17.5 Å². The Morgan fingerprint density at radius 1 is 1.08 bits per heavy atom. The average molecular weight is 376 g/mol. The minimum absolute atomic E-state index is 0.191. The van der Waals surface area contributed by atoms with Gasteiger partial charge in [-0.05, 0) is 46.6 Å². The Labute approximate surface area is 161 Å². The molecule has 1 aromatic carbocycles. The summed E-state index contributed by atoms with van der Waals surface area (Å²) in [5, 5.41) is 4.39. The quantitative estimate of drug-likeness (QED) is 0.532. The lowest BCUT2D eigenvalue weighted by atomic mass is 9.92. The van der Waals surface area contributed by atoms with Crippen molar-refractivity contribution in [3.63, 3.8) is 0 Å². The molecular formula is C21H30FN3S. The summed E-state index contributed by atoms with van der Waals surface area (Å²) in [6.45, 7) is 16.7. The molecule has 26 heavy (non-hydrogen) atoms. The number of benzene rings is 1. The normalized spacial score (nSPS) is 14.1. The summed E-state index contributed by atoms with van der Waals surface area (Å²) in [7, 11) is 0. The minimum atomic E-state index is -0.191. The molecule has 3 nitrogen and oxygen atoms in total. The van der Waals surface area contributed by atoms with Crippen LogP contribution in [0.5, 0.6) is 0 Å². The maximum atomic E-state index is 14.0. The molecule has 0 saturated heterocycles. The van der Waals surface area contributed by atoms with Crippen LogP contribution in [-0.4, -0.2) is 5.04 Å². The van der Waals surface area contributed by atoms with E-state index >= 15 is 0 Å². The summed E-state index contributed by atoms with van der Waals surface area (Å²) >= 11 is 1.48. The average Bonchev–Trinajstić information content (AvgIpc) is 3.03. The third-order valence-electron chi connectivity index (χ3n) is 4.45. The van der Waals surface area contributed by atoms with Gasteiger partial charge in [0.1, 0.15) is 11.6 Å². The maximum absolute atomic E-state index is 14.0. The second-order valence-electron chi connectivity index (χ2n) is 7.63. The van der Waals surface area contributed by atoms with E-state index in [9.17, 15) is 4.39 Å². The highest BCUT2D eigenvalue weighted by Gasteiger charge is 2.18. The number of aliphatic imine (C=N–C) groups is 1. The molecule has 0 fully saturated rings. The van der Waals surface area contributed by atoms with Crippen LogP contribution in [0.1, 0.15) is 70.9 Å². The Morgan fingerprint density at radius 3 is 2.12 bits per heavy atom. The first-order chi connectivity index (χ1) is 12.2. The molecule has 1 aromatic rings. The monoisotopic (exact) mass is 375 g/mol. The van der Waals surface area contributed by atoms with E-state index in [4.69, 9.17) is 0 Å². The standard InChI is InChI=1S/C21H30FN3S/c1-12(2)16-8-20(23-11-16)26-25-15(7)24-21-18(13(3)4)9-17(22)10-19(21)14(5)6/h9-14,24-25H,7-8H2,1-6H3. The van der Waals surface area contributed by atoms with Crippen molar-refractivity contribution in [1.82, 2.24) is 4.72 Å². The molecule has 2 N–H and O–H groups in total. The van der Waals surface area contributed by atoms with E-state index in [1.54, 1.807) is 12.1 Å². The Kier molecular flexibility index (Phi) is 6.93. The van der Waals surface area contributed by atoms with Crippen LogP contribution in [0.3, 0.4) is 0 Å². The predicted octanol–water partition coefficient (Wildman–Crippen LogP) is 6.54. The fourth-order valence-corrected chi connectivity index (χ4v) is 3.47. The molecule has 0 aromatic heterocycles. The Bertz CT molecular complexity index is 704. The second kappa shape index (κ2) is 8.76. The Hall–Kier alpha value is -1.75. The molecule has 0 aliphatic carbocycles. The molecule has 0 atom stereocenters. The van der Waals surface area contributed by atoms with Gasteiger partial charge >= 0.3 is 0 Å². The van der Waals surface area contributed by atoms with Gasteiger partial charge < -0.3 is 10.0 Å². The number of hydrogen-bond donors (Lipinski definition) is 2. The number of nitrogens with zero attached hydrogens (tertiary/aromatic N) is 1. The van der Waals surface area contributed by atoms with Crippen LogP contribution in [0, 0.1) is 11.7 Å². The van der Waals surface area contributed by atoms with Crippen molar-refractivity contribution in [1.29, 1.82) is 0 Å². The molecule has 1 aliphatic rings. The molecule has 0 spiro atoms. The highest BCUT2D eigenvalue weighted by atomic mass is 32.2. The van der Waals surface area contributed by atoms with Crippen LogP contribution in [0.25, 0.3) is 0 Å². The smallest absolute Gasteiger partial charge is 0.123 e. The molecule has 5 heteroatoms. The Morgan fingerprint density at radius 2 is 1.65 bits per heavy atom. The van der Waals surface area contributed by atoms with Gasteiger partial charge in [0, 0.05) is 30.3 Å². The van der Waals surface area contributed by atoms with Gasteiger partial charge in [0.25, 0.3) is 0 Å². The number of halogens is 1. The summed E-state index contributed by atoms with van der Waals surface area (Å²) < 4.78 is 17.3. The molecule has 0 amide bonds. The summed E-state index contributed by atoms with van der Waals surface area (Å²) in [6.07, 6.45) is 2.84. The SMILES string of the molecule is C=C(NSC1=NC=C(C(C)C)C1)Nc1c(C(C)C)cc(F)cc1C(C)C.